The van der Waals surface area contributed by atoms with Gasteiger partial charge < -0.3 is 14.7 Å². The van der Waals surface area contributed by atoms with Gasteiger partial charge in [0.15, 0.2) is 0 Å². The van der Waals surface area contributed by atoms with Crippen LogP contribution >= 0.6 is 0 Å². The van der Waals surface area contributed by atoms with Crippen LogP contribution < -0.4 is 0 Å². The number of carboxylic acid groups (broad SMARTS) is 1. The van der Waals surface area contributed by atoms with Crippen molar-refractivity contribution in [1.82, 2.24) is 4.90 Å². The molecule has 0 bridgehead atoms. The number of aliphatic carboxylic acids is 1. The van der Waals surface area contributed by atoms with Gasteiger partial charge >= 0.3 is 5.97 Å². The zero-order valence-corrected chi connectivity index (χ0v) is 10.6. The van der Waals surface area contributed by atoms with Gasteiger partial charge in [0.25, 0.3) is 0 Å². The van der Waals surface area contributed by atoms with Crippen molar-refractivity contribution in [2.75, 3.05) is 26.3 Å². The summed E-state index contributed by atoms with van der Waals surface area (Å²) in [6.07, 6.45) is 3.63. The highest BCUT2D eigenvalue weighted by Crippen LogP contribution is 2.24. The molecular weight excluding hydrogens is 234 g/mol. The molecule has 1 atom stereocenters. The molecule has 2 heterocycles. The summed E-state index contributed by atoms with van der Waals surface area (Å²) in [7, 11) is 0. The van der Waals surface area contributed by atoms with Crippen molar-refractivity contribution in [2.45, 2.75) is 32.1 Å². The van der Waals surface area contributed by atoms with Crippen LogP contribution in [0.1, 0.15) is 32.1 Å². The zero-order chi connectivity index (χ0) is 13.0. The summed E-state index contributed by atoms with van der Waals surface area (Å²) in [6.45, 7) is 2.74. The molecular formula is C13H21NO4. The molecule has 0 radical (unpaired) electrons. The lowest BCUT2D eigenvalue weighted by Gasteiger charge is -2.35. The molecule has 2 fully saturated rings. The quantitative estimate of drug-likeness (QED) is 0.821. The standard InChI is InChI=1S/C13H21NO4/c15-12(16)8-10-2-1-5-14(9-10)13(17)11-3-6-18-7-4-11/h10-11H,1-9H2,(H,15,16). The molecule has 18 heavy (non-hydrogen) atoms. The fraction of sp³-hybridized carbons (Fsp3) is 0.846. The number of piperidine rings is 1. The van der Waals surface area contributed by atoms with E-state index in [1.165, 1.54) is 0 Å². The minimum atomic E-state index is -0.764. The number of carbonyl (C=O) groups excluding carboxylic acids is 1. The number of nitrogens with zero attached hydrogens (tertiary/aromatic N) is 1. The van der Waals surface area contributed by atoms with Crippen LogP contribution in [-0.4, -0.2) is 48.2 Å². The molecule has 0 aliphatic carbocycles. The monoisotopic (exact) mass is 255 g/mol. The maximum Gasteiger partial charge on any atom is 0.303 e. The van der Waals surface area contributed by atoms with Gasteiger partial charge in [-0.15, -0.1) is 0 Å². The van der Waals surface area contributed by atoms with Crippen LogP contribution in [0.5, 0.6) is 0 Å². The van der Waals surface area contributed by atoms with Crippen LogP contribution in [0.3, 0.4) is 0 Å². The molecule has 0 aromatic rings. The smallest absolute Gasteiger partial charge is 0.303 e. The first-order chi connectivity index (χ1) is 8.66. The summed E-state index contributed by atoms with van der Waals surface area (Å²) in [5.41, 5.74) is 0. The summed E-state index contributed by atoms with van der Waals surface area (Å²) in [5, 5.41) is 8.82. The second-order valence-corrected chi connectivity index (χ2v) is 5.28. The second-order valence-electron chi connectivity index (χ2n) is 5.28. The third kappa shape index (κ3) is 3.45. The van der Waals surface area contributed by atoms with Gasteiger partial charge in [0.05, 0.1) is 0 Å². The van der Waals surface area contributed by atoms with Crippen LogP contribution in [-0.2, 0) is 14.3 Å². The van der Waals surface area contributed by atoms with E-state index >= 15 is 0 Å². The van der Waals surface area contributed by atoms with Crippen LogP contribution in [0.2, 0.25) is 0 Å². The predicted octanol–water partition coefficient (Wildman–Crippen LogP) is 1.13. The lowest BCUT2D eigenvalue weighted by atomic mass is 9.92. The zero-order valence-electron chi connectivity index (χ0n) is 10.6. The van der Waals surface area contributed by atoms with Crippen molar-refractivity contribution in [2.24, 2.45) is 11.8 Å². The normalized spacial score (nSPS) is 26.0. The van der Waals surface area contributed by atoms with Gasteiger partial charge in [0, 0.05) is 38.6 Å². The Morgan fingerprint density at radius 2 is 1.94 bits per heavy atom. The van der Waals surface area contributed by atoms with Crippen molar-refractivity contribution < 1.29 is 19.4 Å². The van der Waals surface area contributed by atoms with Gasteiger partial charge in [-0.25, -0.2) is 0 Å². The Morgan fingerprint density at radius 3 is 2.61 bits per heavy atom. The third-order valence-corrected chi connectivity index (χ3v) is 3.86. The molecule has 0 spiro atoms. The first-order valence-corrected chi connectivity index (χ1v) is 6.75. The Balaban J connectivity index is 1.87. The Kier molecular flexibility index (Phi) is 4.58. The van der Waals surface area contributed by atoms with Crippen molar-refractivity contribution in [1.29, 1.82) is 0 Å². The van der Waals surface area contributed by atoms with Crippen molar-refractivity contribution in [3.63, 3.8) is 0 Å². The first-order valence-electron chi connectivity index (χ1n) is 6.75. The van der Waals surface area contributed by atoms with E-state index in [2.05, 4.69) is 0 Å². The van der Waals surface area contributed by atoms with Gasteiger partial charge in [-0.3, -0.25) is 9.59 Å². The number of rotatable bonds is 3. The molecule has 1 amide bonds. The molecule has 5 heteroatoms. The number of ether oxygens (including phenoxy) is 1. The molecule has 2 aliphatic heterocycles. The summed E-state index contributed by atoms with van der Waals surface area (Å²) in [4.78, 5) is 24.9. The van der Waals surface area contributed by atoms with E-state index in [0.29, 0.717) is 19.8 Å². The molecule has 2 aliphatic rings. The molecule has 0 aromatic carbocycles. The topological polar surface area (TPSA) is 66.8 Å². The van der Waals surface area contributed by atoms with E-state index in [0.717, 1.165) is 32.2 Å². The van der Waals surface area contributed by atoms with Gasteiger partial charge in [0.1, 0.15) is 0 Å². The van der Waals surface area contributed by atoms with Gasteiger partial charge in [-0.1, -0.05) is 0 Å². The second kappa shape index (κ2) is 6.18. The first kappa shape index (κ1) is 13.3. The molecule has 2 rings (SSSR count). The number of carbonyl (C=O) groups is 2. The van der Waals surface area contributed by atoms with E-state index in [4.69, 9.17) is 9.84 Å². The van der Waals surface area contributed by atoms with Crippen LogP contribution in [0.4, 0.5) is 0 Å². The summed E-state index contributed by atoms with van der Waals surface area (Å²) >= 11 is 0. The van der Waals surface area contributed by atoms with E-state index in [1.54, 1.807) is 0 Å². The van der Waals surface area contributed by atoms with Crippen molar-refractivity contribution >= 4 is 11.9 Å². The average molecular weight is 255 g/mol. The number of hydrogen-bond donors (Lipinski definition) is 1. The fourth-order valence-electron chi connectivity index (χ4n) is 2.88. The van der Waals surface area contributed by atoms with E-state index in [1.807, 2.05) is 4.90 Å². The minimum absolute atomic E-state index is 0.0855. The Hall–Kier alpha value is -1.10. The number of hydrogen-bond acceptors (Lipinski definition) is 3. The number of carboxylic acids is 1. The van der Waals surface area contributed by atoms with E-state index in [-0.39, 0.29) is 24.2 Å². The largest absolute Gasteiger partial charge is 0.481 e. The summed E-state index contributed by atoms with van der Waals surface area (Å²) < 4.78 is 5.26. The molecule has 1 N–H and O–H groups in total. The SMILES string of the molecule is O=C(O)CC1CCCN(C(=O)C2CCOCC2)C1. The van der Waals surface area contributed by atoms with Crippen LogP contribution in [0.15, 0.2) is 0 Å². The third-order valence-electron chi connectivity index (χ3n) is 3.86. The van der Waals surface area contributed by atoms with Crippen molar-refractivity contribution in [3.8, 4) is 0 Å². The van der Waals surface area contributed by atoms with Gasteiger partial charge in [0.2, 0.25) is 5.91 Å². The summed E-state index contributed by atoms with van der Waals surface area (Å²) in [6, 6.07) is 0. The van der Waals surface area contributed by atoms with E-state index in [9.17, 15) is 9.59 Å². The fourth-order valence-corrected chi connectivity index (χ4v) is 2.88. The summed E-state index contributed by atoms with van der Waals surface area (Å²) in [5.74, 6) is -0.351. The Labute approximate surface area is 107 Å². The highest BCUT2D eigenvalue weighted by Gasteiger charge is 2.30. The van der Waals surface area contributed by atoms with Gasteiger partial charge in [-0.05, 0) is 31.6 Å². The lowest BCUT2D eigenvalue weighted by molar-refractivity contribution is -0.143. The molecule has 2 saturated heterocycles. The molecule has 1 unspecified atom stereocenters. The maximum absolute atomic E-state index is 12.3. The van der Waals surface area contributed by atoms with Crippen LogP contribution in [0.25, 0.3) is 0 Å². The maximum atomic E-state index is 12.3. The number of amides is 1. The molecule has 0 aromatic heterocycles. The van der Waals surface area contributed by atoms with Crippen LogP contribution in [0, 0.1) is 11.8 Å². The Morgan fingerprint density at radius 1 is 1.22 bits per heavy atom. The molecule has 5 nitrogen and oxygen atoms in total. The number of likely N-dealkylation sites (tertiary alicyclic amines) is 1. The molecule has 102 valence electrons. The molecule has 0 saturated carbocycles. The minimum Gasteiger partial charge on any atom is -0.481 e. The lowest BCUT2D eigenvalue weighted by Crippen LogP contribution is -2.44. The highest BCUT2D eigenvalue weighted by molar-refractivity contribution is 5.79. The highest BCUT2D eigenvalue weighted by atomic mass is 16.5. The van der Waals surface area contributed by atoms with Crippen molar-refractivity contribution in [3.05, 3.63) is 0 Å². The van der Waals surface area contributed by atoms with Gasteiger partial charge in [-0.2, -0.15) is 0 Å². The average Bonchev–Trinajstić information content (AvgIpc) is 2.38. The Bertz CT molecular complexity index is 312. The van der Waals surface area contributed by atoms with E-state index < -0.39 is 5.97 Å². The predicted molar refractivity (Wildman–Crippen MR) is 65.1 cm³/mol.